The van der Waals surface area contributed by atoms with E-state index >= 15 is 0 Å². The summed E-state index contributed by atoms with van der Waals surface area (Å²) >= 11 is 0. The summed E-state index contributed by atoms with van der Waals surface area (Å²) in [6, 6.07) is 0. The minimum Gasteiger partial charge on any atom is -0.425 e. The molecule has 1 aliphatic heterocycles. The Hall–Kier alpha value is 0.531. The summed E-state index contributed by atoms with van der Waals surface area (Å²) in [5.41, 5.74) is 0. The van der Waals surface area contributed by atoms with E-state index < -0.39 is 28.6 Å². The third kappa shape index (κ3) is 1.80. The van der Waals surface area contributed by atoms with Gasteiger partial charge >= 0.3 is 8.56 Å². The first-order chi connectivity index (χ1) is 3.71. The van der Waals surface area contributed by atoms with E-state index in [1.54, 1.807) is 0 Å². The van der Waals surface area contributed by atoms with Crippen molar-refractivity contribution < 1.29 is 12.3 Å². The van der Waals surface area contributed by atoms with E-state index in [0.29, 0.717) is 0 Å². The Kier molecular flexibility index (Phi) is 2.01. The van der Waals surface area contributed by atoms with E-state index in [1.165, 1.54) is 0 Å². The molecule has 48 valence electrons. The van der Waals surface area contributed by atoms with Crippen LogP contribution in [0.1, 0.15) is 0 Å². The quantitative estimate of drug-likeness (QED) is 0.421. The maximum atomic E-state index is 5.33. The highest BCUT2D eigenvalue weighted by molar-refractivity contribution is 6.74. The first-order valence-electron chi connectivity index (χ1n) is 2.56. The summed E-state index contributed by atoms with van der Waals surface area (Å²) < 4.78 is 15.7. The highest BCUT2D eigenvalue weighted by Crippen LogP contribution is 2.07. The molecule has 0 aromatic carbocycles. The van der Waals surface area contributed by atoms with Gasteiger partial charge in [-0.15, -0.1) is 0 Å². The van der Waals surface area contributed by atoms with Crippen molar-refractivity contribution in [2.24, 2.45) is 0 Å². The predicted molar refractivity (Wildman–Crippen MR) is 37.8 cm³/mol. The van der Waals surface area contributed by atoms with Crippen LogP contribution in [0.3, 0.4) is 0 Å². The van der Waals surface area contributed by atoms with Crippen LogP contribution < -0.4 is 0 Å². The zero-order chi connectivity index (χ0) is 6.04. The molecular weight excluding hydrogens is 156 g/mol. The summed E-state index contributed by atoms with van der Waals surface area (Å²) in [5.74, 6) is 0. The fourth-order valence-corrected chi connectivity index (χ4v) is 6.24. The summed E-state index contributed by atoms with van der Waals surface area (Å²) in [7, 11) is -2.79. The second-order valence-corrected chi connectivity index (χ2v) is 9.34. The molecule has 0 amide bonds. The first-order valence-corrected chi connectivity index (χ1v) is 7.69. The molecule has 0 unspecified atom stereocenters. The third-order valence-electron chi connectivity index (χ3n) is 0.980. The van der Waals surface area contributed by atoms with Gasteiger partial charge in [-0.25, -0.2) is 0 Å². The van der Waals surface area contributed by atoms with Gasteiger partial charge in [0.1, 0.15) is 0 Å². The molecule has 6 heteroatoms. The number of hydrogen-bond donors (Lipinski definition) is 0. The maximum Gasteiger partial charge on any atom is 0.313 e. The molecular formula is C2H10O3Si3. The van der Waals surface area contributed by atoms with Crippen LogP contribution in [0, 0.1) is 0 Å². The van der Waals surface area contributed by atoms with Gasteiger partial charge in [-0.2, -0.15) is 0 Å². The Morgan fingerprint density at radius 2 is 1.62 bits per heavy atom. The van der Waals surface area contributed by atoms with Crippen molar-refractivity contribution in [2.75, 3.05) is 0 Å². The van der Waals surface area contributed by atoms with Crippen molar-refractivity contribution in [3.05, 3.63) is 0 Å². The van der Waals surface area contributed by atoms with Crippen LogP contribution >= 0.6 is 0 Å². The summed E-state index contributed by atoms with van der Waals surface area (Å²) in [6.07, 6.45) is 0. The van der Waals surface area contributed by atoms with E-state index in [1.807, 2.05) is 0 Å². The van der Waals surface area contributed by atoms with Crippen LogP contribution in [0.15, 0.2) is 0 Å². The fraction of sp³-hybridized carbons (Fsp3) is 1.00. The van der Waals surface area contributed by atoms with Crippen molar-refractivity contribution in [3.63, 3.8) is 0 Å². The maximum absolute atomic E-state index is 5.33. The smallest absolute Gasteiger partial charge is 0.313 e. The average Bonchev–Trinajstić information content (AvgIpc) is 1.65. The van der Waals surface area contributed by atoms with Crippen LogP contribution in [0.25, 0.3) is 0 Å². The summed E-state index contributed by atoms with van der Waals surface area (Å²) in [5, 5.41) is 0. The van der Waals surface area contributed by atoms with Crippen molar-refractivity contribution in [2.45, 2.75) is 13.1 Å². The molecule has 1 fully saturated rings. The van der Waals surface area contributed by atoms with Gasteiger partial charge < -0.3 is 12.3 Å². The Bertz CT molecular complexity index is 76.6. The van der Waals surface area contributed by atoms with Gasteiger partial charge in [-0.05, 0) is 13.1 Å². The van der Waals surface area contributed by atoms with Gasteiger partial charge in [0.25, 0.3) is 20.0 Å². The van der Waals surface area contributed by atoms with Crippen molar-refractivity contribution in [1.29, 1.82) is 0 Å². The highest BCUT2D eigenvalue weighted by Gasteiger charge is 2.26. The van der Waals surface area contributed by atoms with E-state index in [2.05, 4.69) is 13.1 Å². The van der Waals surface area contributed by atoms with E-state index in [0.717, 1.165) is 0 Å². The molecule has 1 saturated heterocycles. The van der Waals surface area contributed by atoms with Gasteiger partial charge in [-0.1, -0.05) is 0 Å². The van der Waals surface area contributed by atoms with E-state index in [9.17, 15) is 0 Å². The van der Waals surface area contributed by atoms with Crippen molar-refractivity contribution in [3.8, 4) is 0 Å². The van der Waals surface area contributed by atoms with Gasteiger partial charge in [0.05, 0.1) is 0 Å². The fourth-order valence-electron chi connectivity index (χ4n) is 0.443. The van der Waals surface area contributed by atoms with Gasteiger partial charge in [0.15, 0.2) is 0 Å². The molecule has 8 heavy (non-hydrogen) atoms. The Morgan fingerprint density at radius 3 is 1.88 bits per heavy atom. The second-order valence-electron chi connectivity index (χ2n) is 2.13. The van der Waals surface area contributed by atoms with Gasteiger partial charge in [0.2, 0.25) is 0 Å². The predicted octanol–water partition coefficient (Wildman–Crippen LogP) is -1.25. The van der Waals surface area contributed by atoms with Crippen LogP contribution in [0.2, 0.25) is 13.1 Å². The Balaban J connectivity index is 2.33. The molecule has 0 spiro atoms. The lowest BCUT2D eigenvalue weighted by Gasteiger charge is -2.27. The minimum atomic E-state index is -1.59. The lowest BCUT2D eigenvalue weighted by atomic mass is 11.9. The molecule has 0 aliphatic carbocycles. The largest absolute Gasteiger partial charge is 0.425 e. The molecule has 1 aliphatic rings. The lowest BCUT2D eigenvalue weighted by molar-refractivity contribution is 0.307. The number of rotatable bonds is 0. The minimum absolute atomic E-state index is 0.597. The molecule has 0 atom stereocenters. The lowest BCUT2D eigenvalue weighted by Crippen LogP contribution is -2.43. The molecule has 0 aromatic heterocycles. The standard InChI is InChI=1S/C2H10O3Si3/c1-8(2)4-6-3-7-5-8/h6-7H2,1-2H3. The molecule has 0 N–H and O–H groups in total. The molecule has 1 rings (SSSR count). The molecule has 0 saturated carbocycles. The molecule has 1 heterocycles. The molecule has 3 nitrogen and oxygen atoms in total. The van der Waals surface area contributed by atoms with Crippen LogP contribution in [-0.2, 0) is 12.3 Å². The van der Waals surface area contributed by atoms with Crippen LogP contribution in [-0.4, -0.2) is 28.6 Å². The van der Waals surface area contributed by atoms with Crippen LogP contribution in [0.5, 0.6) is 0 Å². The Labute approximate surface area is 54.7 Å². The van der Waals surface area contributed by atoms with Gasteiger partial charge in [0, 0.05) is 0 Å². The molecule has 0 radical (unpaired) electrons. The second kappa shape index (κ2) is 2.42. The zero-order valence-corrected chi connectivity index (χ0v) is 8.97. The van der Waals surface area contributed by atoms with E-state index in [-0.39, 0.29) is 0 Å². The van der Waals surface area contributed by atoms with E-state index in [4.69, 9.17) is 12.3 Å². The van der Waals surface area contributed by atoms with Crippen molar-refractivity contribution in [1.82, 2.24) is 0 Å². The first kappa shape index (κ1) is 6.65. The van der Waals surface area contributed by atoms with Gasteiger partial charge in [-0.3, -0.25) is 0 Å². The third-order valence-corrected chi connectivity index (χ3v) is 8.82. The van der Waals surface area contributed by atoms with Crippen LogP contribution in [0.4, 0.5) is 0 Å². The average molecular weight is 166 g/mol. The Morgan fingerprint density at radius 1 is 1.12 bits per heavy atom. The topological polar surface area (TPSA) is 27.7 Å². The highest BCUT2D eigenvalue weighted by atomic mass is 28.5. The summed E-state index contributed by atoms with van der Waals surface area (Å²) in [6.45, 7) is 4.13. The normalized spacial score (nSPS) is 33.8. The molecule has 0 bridgehead atoms. The number of hydrogen-bond acceptors (Lipinski definition) is 3. The summed E-state index contributed by atoms with van der Waals surface area (Å²) in [4.78, 5) is 0. The monoisotopic (exact) mass is 166 g/mol. The zero-order valence-electron chi connectivity index (χ0n) is 5.14. The SMILES string of the molecule is C[Si]1(C)O[SiH2]O[SiH2]O1. The molecule has 0 aromatic rings. The van der Waals surface area contributed by atoms with Crippen molar-refractivity contribution >= 4 is 28.6 Å².